The normalized spacial score (nSPS) is 18.2. The topological polar surface area (TPSA) is 45.6 Å². The molecule has 1 N–H and O–H groups in total. The van der Waals surface area contributed by atoms with Gasteiger partial charge in [0.15, 0.2) is 0 Å². The van der Waals surface area contributed by atoms with Gasteiger partial charge in [0.05, 0.1) is 19.3 Å². The lowest BCUT2D eigenvalue weighted by molar-refractivity contribution is 0.122. The van der Waals surface area contributed by atoms with Gasteiger partial charge in [0, 0.05) is 24.8 Å². The van der Waals surface area contributed by atoms with Gasteiger partial charge in [-0.3, -0.25) is 0 Å². The number of aliphatic hydroxyl groups excluding tert-OH is 1. The van der Waals surface area contributed by atoms with Gasteiger partial charge in [-0.1, -0.05) is 6.92 Å². The third-order valence-electron chi connectivity index (χ3n) is 3.22. The summed E-state index contributed by atoms with van der Waals surface area (Å²) in [5, 5.41) is 9.84. The molecular weight excluding hydrogens is 216 g/mol. The van der Waals surface area contributed by atoms with Crippen molar-refractivity contribution < 1.29 is 9.84 Å². The molecule has 4 heteroatoms. The van der Waals surface area contributed by atoms with Crippen molar-refractivity contribution in [3.8, 4) is 0 Å². The quantitative estimate of drug-likeness (QED) is 0.867. The van der Waals surface area contributed by atoms with E-state index in [1.165, 1.54) is 0 Å². The average molecular weight is 236 g/mol. The van der Waals surface area contributed by atoms with E-state index in [2.05, 4.69) is 16.0 Å². The second-order valence-corrected chi connectivity index (χ2v) is 4.42. The molecule has 1 aliphatic heterocycles. The zero-order chi connectivity index (χ0) is 12.3. The summed E-state index contributed by atoms with van der Waals surface area (Å²) in [6, 6.07) is 2.06. The van der Waals surface area contributed by atoms with Crippen LogP contribution in [0.5, 0.6) is 0 Å². The van der Waals surface area contributed by atoms with E-state index in [1.807, 2.05) is 13.8 Å². The highest BCUT2D eigenvalue weighted by Crippen LogP contribution is 2.23. The second-order valence-electron chi connectivity index (χ2n) is 4.42. The van der Waals surface area contributed by atoms with Crippen molar-refractivity contribution >= 4 is 5.82 Å². The second kappa shape index (κ2) is 5.47. The number of pyridine rings is 1. The number of ether oxygens (including phenoxy) is 1. The average Bonchev–Trinajstić information content (AvgIpc) is 2.39. The van der Waals surface area contributed by atoms with Gasteiger partial charge < -0.3 is 14.7 Å². The van der Waals surface area contributed by atoms with Crippen LogP contribution in [0.1, 0.15) is 30.6 Å². The van der Waals surface area contributed by atoms with Gasteiger partial charge in [0.1, 0.15) is 5.82 Å². The Hall–Kier alpha value is -1.13. The van der Waals surface area contributed by atoms with Gasteiger partial charge in [-0.25, -0.2) is 4.98 Å². The number of aromatic nitrogens is 1. The van der Waals surface area contributed by atoms with Crippen LogP contribution in [0.3, 0.4) is 0 Å². The van der Waals surface area contributed by atoms with Crippen molar-refractivity contribution in [1.29, 1.82) is 0 Å². The molecule has 0 saturated carbocycles. The Bertz CT molecular complexity index is 376. The first kappa shape index (κ1) is 12.3. The first-order valence-corrected chi connectivity index (χ1v) is 6.19. The van der Waals surface area contributed by atoms with Crippen LogP contribution in [0, 0.1) is 6.92 Å². The third kappa shape index (κ3) is 2.76. The number of rotatable bonds is 3. The molecule has 1 atom stereocenters. The van der Waals surface area contributed by atoms with E-state index in [9.17, 15) is 5.11 Å². The maximum absolute atomic E-state index is 9.84. The molecule has 1 unspecified atom stereocenters. The molecule has 1 fully saturated rings. The molecule has 0 aliphatic carbocycles. The van der Waals surface area contributed by atoms with E-state index in [0.29, 0.717) is 0 Å². The van der Waals surface area contributed by atoms with E-state index in [0.717, 1.165) is 49.7 Å². The number of nitrogens with zero attached hydrogens (tertiary/aromatic N) is 2. The highest BCUT2D eigenvalue weighted by atomic mass is 16.5. The van der Waals surface area contributed by atoms with E-state index in [1.54, 1.807) is 6.20 Å². The van der Waals surface area contributed by atoms with Crippen LogP contribution < -0.4 is 4.90 Å². The maximum atomic E-state index is 9.84. The summed E-state index contributed by atoms with van der Waals surface area (Å²) in [5.74, 6) is 0.984. The van der Waals surface area contributed by atoms with Gasteiger partial charge in [0.2, 0.25) is 0 Å². The number of anilines is 1. The molecule has 1 aromatic heterocycles. The molecule has 1 saturated heterocycles. The van der Waals surface area contributed by atoms with E-state index in [-0.39, 0.29) is 0 Å². The third-order valence-corrected chi connectivity index (χ3v) is 3.22. The maximum Gasteiger partial charge on any atom is 0.128 e. The standard InChI is InChI=1S/C13H20N2O2/c1-3-12(16)11-9-14-13(8-10(11)2)15-4-6-17-7-5-15/h8-9,12,16H,3-7H2,1-2H3. The van der Waals surface area contributed by atoms with E-state index in [4.69, 9.17) is 4.74 Å². The Kier molecular flexibility index (Phi) is 3.97. The van der Waals surface area contributed by atoms with Gasteiger partial charge in [0.25, 0.3) is 0 Å². The minimum atomic E-state index is -0.402. The molecule has 0 aromatic carbocycles. The SMILES string of the molecule is CCC(O)c1cnc(N2CCOCC2)cc1C. The summed E-state index contributed by atoms with van der Waals surface area (Å²) in [6.07, 6.45) is 2.12. The molecule has 94 valence electrons. The largest absolute Gasteiger partial charge is 0.388 e. The van der Waals surface area contributed by atoms with E-state index >= 15 is 0 Å². The molecule has 2 heterocycles. The Morgan fingerprint density at radius 2 is 2.18 bits per heavy atom. The Morgan fingerprint density at radius 3 is 2.76 bits per heavy atom. The lowest BCUT2D eigenvalue weighted by atomic mass is 10.0. The van der Waals surface area contributed by atoms with Crippen molar-refractivity contribution in [2.45, 2.75) is 26.4 Å². The Balaban J connectivity index is 2.17. The van der Waals surface area contributed by atoms with Crippen LogP contribution in [0.2, 0.25) is 0 Å². The number of aliphatic hydroxyl groups is 1. The van der Waals surface area contributed by atoms with E-state index < -0.39 is 6.10 Å². The first-order chi connectivity index (χ1) is 8.22. The lowest BCUT2D eigenvalue weighted by Gasteiger charge is -2.28. The monoisotopic (exact) mass is 236 g/mol. The number of morpholine rings is 1. The fourth-order valence-electron chi connectivity index (χ4n) is 2.09. The molecule has 0 amide bonds. The van der Waals surface area contributed by atoms with Crippen LogP contribution in [-0.4, -0.2) is 36.4 Å². The Labute approximate surface area is 102 Å². The van der Waals surface area contributed by atoms with Crippen LogP contribution in [0.25, 0.3) is 0 Å². The molecule has 2 rings (SSSR count). The molecule has 0 spiro atoms. The summed E-state index contributed by atoms with van der Waals surface area (Å²) >= 11 is 0. The highest BCUT2D eigenvalue weighted by Gasteiger charge is 2.15. The molecular formula is C13H20N2O2. The van der Waals surface area contributed by atoms with Gasteiger partial charge in [-0.15, -0.1) is 0 Å². The summed E-state index contributed by atoms with van der Waals surface area (Å²) in [5.41, 5.74) is 2.04. The van der Waals surface area contributed by atoms with Crippen LogP contribution in [0.15, 0.2) is 12.3 Å². The lowest BCUT2D eigenvalue weighted by Crippen LogP contribution is -2.36. The number of hydrogen-bond acceptors (Lipinski definition) is 4. The van der Waals surface area contributed by atoms with Crippen molar-refractivity contribution in [3.63, 3.8) is 0 Å². The minimum Gasteiger partial charge on any atom is -0.388 e. The molecule has 0 radical (unpaired) electrons. The predicted molar refractivity (Wildman–Crippen MR) is 67.3 cm³/mol. The van der Waals surface area contributed by atoms with Crippen molar-refractivity contribution in [2.24, 2.45) is 0 Å². The van der Waals surface area contributed by atoms with Crippen LogP contribution in [-0.2, 0) is 4.74 Å². The first-order valence-electron chi connectivity index (χ1n) is 6.19. The van der Waals surface area contributed by atoms with Crippen molar-refractivity contribution in [1.82, 2.24) is 4.98 Å². The zero-order valence-electron chi connectivity index (χ0n) is 10.5. The van der Waals surface area contributed by atoms with Crippen molar-refractivity contribution in [2.75, 3.05) is 31.2 Å². The van der Waals surface area contributed by atoms with Crippen LogP contribution >= 0.6 is 0 Å². The predicted octanol–water partition coefficient (Wildman–Crippen LogP) is 1.67. The molecule has 0 bridgehead atoms. The van der Waals surface area contributed by atoms with Gasteiger partial charge >= 0.3 is 0 Å². The molecule has 1 aliphatic rings. The zero-order valence-corrected chi connectivity index (χ0v) is 10.5. The van der Waals surface area contributed by atoms with Gasteiger partial charge in [-0.2, -0.15) is 0 Å². The summed E-state index contributed by atoms with van der Waals surface area (Å²) < 4.78 is 5.32. The minimum absolute atomic E-state index is 0.402. The molecule has 17 heavy (non-hydrogen) atoms. The summed E-state index contributed by atoms with van der Waals surface area (Å²) in [4.78, 5) is 6.66. The summed E-state index contributed by atoms with van der Waals surface area (Å²) in [6.45, 7) is 7.31. The number of hydrogen-bond donors (Lipinski definition) is 1. The smallest absolute Gasteiger partial charge is 0.128 e. The molecule has 4 nitrogen and oxygen atoms in total. The van der Waals surface area contributed by atoms with Gasteiger partial charge in [-0.05, 0) is 25.0 Å². The molecule has 1 aromatic rings. The number of aryl methyl sites for hydroxylation is 1. The fraction of sp³-hybridized carbons (Fsp3) is 0.615. The Morgan fingerprint density at radius 1 is 1.47 bits per heavy atom. The summed E-state index contributed by atoms with van der Waals surface area (Å²) in [7, 11) is 0. The van der Waals surface area contributed by atoms with Crippen molar-refractivity contribution in [3.05, 3.63) is 23.4 Å². The fourth-order valence-corrected chi connectivity index (χ4v) is 2.09. The van der Waals surface area contributed by atoms with Crippen LogP contribution in [0.4, 0.5) is 5.82 Å². The highest BCUT2D eigenvalue weighted by molar-refractivity contribution is 5.44.